The van der Waals surface area contributed by atoms with E-state index in [2.05, 4.69) is 22.5 Å². The number of nitrogens with one attached hydrogen (secondary N) is 2. The Morgan fingerprint density at radius 3 is 2.50 bits per heavy atom. The second-order valence-electron chi connectivity index (χ2n) is 10.4. The van der Waals surface area contributed by atoms with Crippen LogP contribution >= 0.6 is 0 Å². The molecule has 1 aliphatic carbocycles. The number of hydrogen-bond acceptors (Lipinski definition) is 5. The average molecular weight is 552 g/mol. The molecule has 2 aromatic rings. The van der Waals surface area contributed by atoms with Crippen molar-refractivity contribution < 1.29 is 19.2 Å². The van der Waals surface area contributed by atoms with Crippen molar-refractivity contribution in [2.75, 3.05) is 32.1 Å². The van der Waals surface area contributed by atoms with Gasteiger partial charge < -0.3 is 15.5 Å². The van der Waals surface area contributed by atoms with E-state index in [1.54, 1.807) is 41.5 Å². The number of amides is 4. The largest absolute Gasteiger partial charge is 0.339 e. The first-order chi connectivity index (χ1) is 19.5. The van der Waals surface area contributed by atoms with Crippen LogP contribution in [0.25, 0.3) is 0 Å². The number of anilines is 1. The van der Waals surface area contributed by atoms with Crippen molar-refractivity contribution in [3.8, 4) is 0 Å². The van der Waals surface area contributed by atoms with Gasteiger partial charge in [-0.15, -0.1) is 0 Å². The highest BCUT2D eigenvalue weighted by Crippen LogP contribution is 2.24. The Morgan fingerprint density at radius 1 is 1.00 bits per heavy atom. The smallest absolute Gasteiger partial charge is 0.319 e. The Balaban J connectivity index is 1.36. The number of likely N-dealkylation sites (N-methyl/N-ethyl adjacent to an activating group) is 1. The van der Waals surface area contributed by atoms with Gasteiger partial charge in [-0.05, 0) is 61.9 Å². The zero-order valence-corrected chi connectivity index (χ0v) is 24.1. The molecule has 1 aromatic carbocycles. The Kier molecular flexibility index (Phi) is 13.4. The predicted molar refractivity (Wildman–Crippen MR) is 157 cm³/mol. The monoisotopic (exact) mass is 551 g/mol. The lowest BCUT2D eigenvalue weighted by atomic mass is 9.95. The molecule has 3 rings (SSSR count). The van der Waals surface area contributed by atoms with Crippen LogP contribution in [0.3, 0.4) is 0 Å². The molecule has 4 amide bonds. The molecule has 0 atom stereocenters. The number of benzene rings is 1. The first-order valence-corrected chi connectivity index (χ1v) is 14.7. The zero-order chi connectivity index (χ0) is 28.6. The molecular weight excluding hydrogens is 506 g/mol. The van der Waals surface area contributed by atoms with Gasteiger partial charge in [0, 0.05) is 50.2 Å². The van der Waals surface area contributed by atoms with Gasteiger partial charge in [-0.25, -0.2) is 9.86 Å². The molecule has 9 nitrogen and oxygen atoms in total. The Hall–Kier alpha value is -3.46. The summed E-state index contributed by atoms with van der Waals surface area (Å²) in [4.78, 5) is 49.6. The van der Waals surface area contributed by atoms with Gasteiger partial charge >= 0.3 is 6.03 Å². The van der Waals surface area contributed by atoms with Crippen LogP contribution in [0.2, 0.25) is 0 Å². The van der Waals surface area contributed by atoms with Crippen molar-refractivity contribution in [2.24, 2.45) is 0 Å². The Labute approximate surface area is 238 Å². The van der Waals surface area contributed by atoms with Crippen LogP contribution in [-0.4, -0.2) is 65.6 Å². The van der Waals surface area contributed by atoms with Crippen LogP contribution in [0.1, 0.15) is 87.1 Å². The molecule has 0 spiro atoms. The molecule has 0 bridgehead atoms. The molecule has 2 N–H and O–H groups in total. The summed E-state index contributed by atoms with van der Waals surface area (Å²) >= 11 is 0. The topological polar surface area (TPSA) is 104 Å². The van der Waals surface area contributed by atoms with Gasteiger partial charge in [0.1, 0.15) is 0 Å². The van der Waals surface area contributed by atoms with Gasteiger partial charge in [-0.2, -0.15) is 0 Å². The van der Waals surface area contributed by atoms with E-state index in [1.165, 1.54) is 6.42 Å². The van der Waals surface area contributed by atoms with Gasteiger partial charge in [0.2, 0.25) is 5.91 Å². The van der Waals surface area contributed by atoms with E-state index < -0.39 is 0 Å². The molecule has 1 saturated carbocycles. The molecule has 1 fully saturated rings. The number of hydroxylamine groups is 2. The standard InChI is InChI=1S/C31H45N5O4/c1-3-25-12-11-13-26(24-25)30(38)35(2)22-23-40-36(28-14-7-6-8-15-28)29(37)16-9-4-5-10-19-33-31(39)34-27-17-20-32-21-18-27/h11-13,17-18,20-21,24,28H,3-10,14-16,19,22-23H2,1-2H3,(H2,32,33,34,39). The molecule has 1 heterocycles. The van der Waals surface area contributed by atoms with Crippen LogP contribution in [-0.2, 0) is 16.1 Å². The molecule has 0 unspecified atom stereocenters. The second-order valence-corrected chi connectivity index (χ2v) is 10.4. The van der Waals surface area contributed by atoms with Crippen LogP contribution in [0.15, 0.2) is 48.8 Å². The number of carbonyl (C=O) groups excluding carboxylic acids is 3. The number of hydrogen-bond donors (Lipinski definition) is 2. The van der Waals surface area contributed by atoms with E-state index in [9.17, 15) is 14.4 Å². The summed E-state index contributed by atoms with van der Waals surface area (Å²) in [5.41, 5.74) is 2.51. The van der Waals surface area contributed by atoms with E-state index >= 15 is 0 Å². The van der Waals surface area contributed by atoms with Gasteiger partial charge in [0.05, 0.1) is 12.6 Å². The molecule has 0 saturated heterocycles. The minimum atomic E-state index is -0.233. The number of urea groups is 1. The number of carbonyl (C=O) groups is 3. The highest BCUT2D eigenvalue weighted by atomic mass is 16.7. The highest BCUT2D eigenvalue weighted by Gasteiger charge is 2.26. The molecular formula is C31H45N5O4. The number of nitrogens with zero attached hydrogens (tertiary/aromatic N) is 3. The number of pyridine rings is 1. The summed E-state index contributed by atoms with van der Waals surface area (Å²) < 4.78 is 0. The third-order valence-corrected chi connectivity index (χ3v) is 7.28. The summed E-state index contributed by atoms with van der Waals surface area (Å²) in [6.45, 7) is 3.34. The SMILES string of the molecule is CCc1cccc(C(=O)N(C)CCON(C(=O)CCCCCCNC(=O)Nc2ccncc2)C2CCCCC2)c1. The van der Waals surface area contributed by atoms with Crippen molar-refractivity contribution in [2.45, 2.75) is 83.6 Å². The Bertz CT molecular complexity index is 1060. The van der Waals surface area contributed by atoms with Crippen LogP contribution in [0.5, 0.6) is 0 Å². The lowest BCUT2D eigenvalue weighted by Crippen LogP contribution is -2.43. The summed E-state index contributed by atoms with van der Waals surface area (Å²) in [6.07, 6.45) is 13.4. The lowest BCUT2D eigenvalue weighted by molar-refractivity contribution is -0.204. The fourth-order valence-corrected chi connectivity index (χ4v) is 4.90. The van der Waals surface area contributed by atoms with Crippen molar-refractivity contribution in [1.29, 1.82) is 0 Å². The van der Waals surface area contributed by atoms with Gasteiger partial charge in [0.25, 0.3) is 5.91 Å². The maximum absolute atomic E-state index is 13.1. The maximum Gasteiger partial charge on any atom is 0.319 e. The normalized spacial score (nSPS) is 13.4. The third kappa shape index (κ3) is 10.6. The molecule has 0 radical (unpaired) electrons. The molecule has 1 aliphatic rings. The first-order valence-electron chi connectivity index (χ1n) is 14.7. The first kappa shape index (κ1) is 31.1. The average Bonchev–Trinajstić information content (AvgIpc) is 2.99. The van der Waals surface area contributed by atoms with Crippen LogP contribution in [0.4, 0.5) is 10.5 Å². The second kappa shape index (κ2) is 17.3. The van der Waals surface area contributed by atoms with Crippen molar-refractivity contribution in [3.05, 3.63) is 59.9 Å². The quantitative estimate of drug-likeness (QED) is 0.222. The third-order valence-electron chi connectivity index (χ3n) is 7.28. The van der Waals surface area contributed by atoms with Gasteiger partial charge in [0.15, 0.2) is 0 Å². The summed E-state index contributed by atoms with van der Waals surface area (Å²) in [6, 6.07) is 11.1. The van der Waals surface area contributed by atoms with Crippen molar-refractivity contribution >= 4 is 23.5 Å². The fourth-order valence-electron chi connectivity index (χ4n) is 4.90. The summed E-state index contributed by atoms with van der Waals surface area (Å²) in [5.74, 6) is -0.0230. The van der Waals surface area contributed by atoms with E-state index in [4.69, 9.17) is 4.84 Å². The minimum Gasteiger partial charge on any atom is -0.339 e. The number of unbranched alkanes of at least 4 members (excludes halogenated alkanes) is 3. The Morgan fingerprint density at radius 2 is 1.75 bits per heavy atom. The molecule has 1 aromatic heterocycles. The van der Waals surface area contributed by atoms with Crippen LogP contribution < -0.4 is 10.6 Å². The number of aromatic nitrogens is 1. The van der Waals surface area contributed by atoms with E-state index in [1.807, 2.05) is 24.3 Å². The number of aryl methyl sites for hydroxylation is 1. The van der Waals surface area contributed by atoms with Crippen molar-refractivity contribution in [3.63, 3.8) is 0 Å². The number of rotatable bonds is 15. The minimum absolute atomic E-state index is 0.0198. The molecule has 218 valence electrons. The maximum atomic E-state index is 13.1. The zero-order valence-electron chi connectivity index (χ0n) is 24.1. The van der Waals surface area contributed by atoms with E-state index in [0.717, 1.165) is 63.4 Å². The van der Waals surface area contributed by atoms with E-state index in [-0.39, 0.29) is 30.5 Å². The molecule has 9 heteroatoms. The highest BCUT2D eigenvalue weighted by molar-refractivity contribution is 5.94. The fraction of sp³-hybridized carbons (Fsp3) is 0.548. The predicted octanol–water partition coefficient (Wildman–Crippen LogP) is 5.58. The van der Waals surface area contributed by atoms with E-state index in [0.29, 0.717) is 30.8 Å². The van der Waals surface area contributed by atoms with Gasteiger partial charge in [-0.3, -0.25) is 19.4 Å². The van der Waals surface area contributed by atoms with Gasteiger partial charge in [-0.1, -0.05) is 51.2 Å². The summed E-state index contributed by atoms with van der Waals surface area (Å²) in [7, 11) is 1.77. The molecule has 40 heavy (non-hydrogen) atoms. The van der Waals surface area contributed by atoms with Crippen LogP contribution in [0, 0.1) is 0 Å². The molecule has 0 aliphatic heterocycles. The summed E-state index contributed by atoms with van der Waals surface area (Å²) in [5, 5.41) is 7.24. The van der Waals surface area contributed by atoms with Crippen molar-refractivity contribution in [1.82, 2.24) is 20.3 Å². The lowest BCUT2D eigenvalue weighted by Gasteiger charge is -2.33.